The van der Waals surface area contributed by atoms with Gasteiger partial charge in [0.05, 0.1) is 0 Å². The molecule has 0 aromatic carbocycles. The minimum atomic E-state index is -1.07. The maximum absolute atomic E-state index is 11.8. The van der Waals surface area contributed by atoms with Crippen LogP contribution in [0.1, 0.15) is 13.8 Å². The van der Waals surface area contributed by atoms with Gasteiger partial charge in [0, 0.05) is 6.20 Å². The van der Waals surface area contributed by atoms with Gasteiger partial charge in [0.1, 0.15) is 12.6 Å². The topological polar surface area (TPSA) is 73.2 Å². The zero-order chi connectivity index (χ0) is 12.6. The van der Waals surface area contributed by atoms with E-state index in [0.29, 0.717) is 5.84 Å². The fourth-order valence-corrected chi connectivity index (χ4v) is 1.71. The van der Waals surface area contributed by atoms with Gasteiger partial charge in [0.15, 0.2) is 5.84 Å². The number of carbonyl (C=O) groups excluding carboxylic acids is 1. The molecular formula is C11H13N3O3. The molecule has 0 aliphatic carbocycles. The fourth-order valence-electron chi connectivity index (χ4n) is 1.71. The molecule has 2 aliphatic heterocycles. The average Bonchev–Trinajstić information content (AvgIpc) is 2.27. The number of carboxylic acids is 1. The van der Waals surface area contributed by atoms with Crippen LogP contribution in [0.4, 0.5) is 0 Å². The van der Waals surface area contributed by atoms with E-state index in [1.54, 1.807) is 11.1 Å². The van der Waals surface area contributed by atoms with E-state index in [2.05, 4.69) is 5.10 Å². The molecule has 2 heterocycles. The quantitative estimate of drug-likeness (QED) is 0.751. The first-order valence-corrected chi connectivity index (χ1v) is 5.26. The van der Waals surface area contributed by atoms with Crippen molar-refractivity contribution >= 4 is 17.7 Å². The second-order valence-corrected chi connectivity index (χ2v) is 4.00. The second-order valence-electron chi connectivity index (χ2n) is 4.00. The highest BCUT2D eigenvalue weighted by molar-refractivity contribution is 6.04. The minimum Gasteiger partial charge on any atom is -0.480 e. The van der Waals surface area contributed by atoms with E-state index in [-0.39, 0.29) is 12.5 Å². The van der Waals surface area contributed by atoms with Crippen molar-refractivity contribution in [3.63, 3.8) is 0 Å². The van der Waals surface area contributed by atoms with E-state index >= 15 is 0 Å². The van der Waals surface area contributed by atoms with Crippen LogP contribution in [0.5, 0.6) is 0 Å². The Kier molecular flexibility index (Phi) is 2.71. The van der Waals surface area contributed by atoms with E-state index in [0.717, 1.165) is 10.6 Å². The van der Waals surface area contributed by atoms with Crippen LogP contribution in [0.15, 0.2) is 29.0 Å². The third-order valence-corrected chi connectivity index (χ3v) is 2.72. The van der Waals surface area contributed by atoms with Crippen molar-refractivity contribution in [3.05, 3.63) is 23.9 Å². The maximum Gasteiger partial charge on any atom is 0.328 e. The van der Waals surface area contributed by atoms with Crippen molar-refractivity contribution in [2.75, 3.05) is 6.54 Å². The average molecular weight is 235 g/mol. The van der Waals surface area contributed by atoms with Crippen LogP contribution < -0.4 is 0 Å². The van der Waals surface area contributed by atoms with Gasteiger partial charge in [-0.25, -0.2) is 9.80 Å². The van der Waals surface area contributed by atoms with Crippen molar-refractivity contribution in [2.24, 2.45) is 5.10 Å². The SMILES string of the molecule is CC1=CC=CN2CC(=O)N(C(C)C(=O)O)N=C12. The number of nitrogens with zero attached hydrogens (tertiary/aromatic N) is 3. The monoisotopic (exact) mass is 235 g/mol. The van der Waals surface area contributed by atoms with Crippen molar-refractivity contribution in [1.82, 2.24) is 9.91 Å². The first-order valence-electron chi connectivity index (χ1n) is 5.26. The summed E-state index contributed by atoms with van der Waals surface area (Å²) in [4.78, 5) is 24.4. The number of hydrazone groups is 1. The summed E-state index contributed by atoms with van der Waals surface area (Å²) in [5.74, 6) is -0.757. The summed E-state index contributed by atoms with van der Waals surface area (Å²) in [5, 5.41) is 14.1. The highest BCUT2D eigenvalue weighted by Gasteiger charge is 2.32. The predicted octanol–water partition coefficient (Wildman–Crippen LogP) is 0.391. The number of hydrogen-bond donors (Lipinski definition) is 1. The summed E-state index contributed by atoms with van der Waals surface area (Å²) >= 11 is 0. The summed E-state index contributed by atoms with van der Waals surface area (Å²) < 4.78 is 0. The van der Waals surface area contributed by atoms with Gasteiger partial charge in [-0.1, -0.05) is 6.08 Å². The molecule has 0 fully saturated rings. The molecule has 6 heteroatoms. The van der Waals surface area contributed by atoms with Gasteiger partial charge in [0.2, 0.25) is 0 Å². The van der Waals surface area contributed by atoms with Gasteiger partial charge in [-0.3, -0.25) is 4.79 Å². The minimum absolute atomic E-state index is 0.123. The number of aliphatic carboxylic acids is 1. The lowest BCUT2D eigenvalue weighted by Crippen LogP contribution is -2.50. The zero-order valence-corrected chi connectivity index (χ0v) is 9.62. The van der Waals surface area contributed by atoms with Gasteiger partial charge in [-0.2, -0.15) is 5.10 Å². The van der Waals surface area contributed by atoms with Gasteiger partial charge in [-0.05, 0) is 25.5 Å². The molecular weight excluding hydrogens is 222 g/mol. The zero-order valence-electron chi connectivity index (χ0n) is 9.62. The van der Waals surface area contributed by atoms with Crippen molar-refractivity contribution in [2.45, 2.75) is 19.9 Å². The molecule has 1 unspecified atom stereocenters. The molecule has 0 bridgehead atoms. The smallest absolute Gasteiger partial charge is 0.328 e. The number of hydrogen-bond acceptors (Lipinski definition) is 4. The third kappa shape index (κ3) is 1.93. The van der Waals surface area contributed by atoms with Gasteiger partial charge < -0.3 is 10.0 Å². The number of carbonyl (C=O) groups is 2. The molecule has 0 saturated carbocycles. The molecule has 1 atom stereocenters. The Morgan fingerprint density at radius 1 is 1.59 bits per heavy atom. The second kappa shape index (κ2) is 4.04. The molecule has 6 nitrogen and oxygen atoms in total. The van der Waals surface area contributed by atoms with E-state index in [1.165, 1.54) is 6.92 Å². The normalized spacial score (nSPS) is 20.7. The van der Waals surface area contributed by atoms with Gasteiger partial charge in [0.25, 0.3) is 5.91 Å². The predicted molar refractivity (Wildman–Crippen MR) is 61.0 cm³/mol. The maximum atomic E-state index is 11.8. The van der Waals surface area contributed by atoms with Crippen molar-refractivity contribution < 1.29 is 14.7 Å². The lowest BCUT2D eigenvalue weighted by molar-refractivity contribution is -0.150. The molecule has 90 valence electrons. The lowest BCUT2D eigenvalue weighted by atomic mass is 10.1. The molecule has 2 aliphatic rings. The van der Waals surface area contributed by atoms with Crippen LogP contribution in [-0.2, 0) is 9.59 Å². The van der Waals surface area contributed by atoms with E-state index in [4.69, 9.17) is 5.11 Å². The molecule has 0 aromatic rings. The Hall–Kier alpha value is -2.11. The number of amides is 1. The first kappa shape index (κ1) is 11.4. The van der Waals surface area contributed by atoms with E-state index < -0.39 is 12.0 Å². The number of allylic oxidation sites excluding steroid dienone is 2. The van der Waals surface area contributed by atoms with Crippen LogP contribution in [0.25, 0.3) is 0 Å². The number of carboxylic acid groups (broad SMARTS) is 1. The lowest BCUT2D eigenvalue weighted by Gasteiger charge is -2.34. The third-order valence-electron chi connectivity index (χ3n) is 2.72. The fraction of sp³-hybridized carbons (Fsp3) is 0.364. The Bertz CT molecular complexity index is 465. The Morgan fingerprint density at radius 2 is 2.29 bits per heavy atom. The summed E-state index contributed by atoms with van der Waals surface area (Å²) in [7, 11) is 0. The highest BCUT2D eigenvalue weighted by atomic mass is 16.4. The van der Waals surface area contributed by atoms with Crippen molar-refractivity contribution in [1.29, 1.82) is 0 Å². The largest absolute Gasteiger partial charge is 0.480 e. The van der Waals surface area contributed by atoms with Crippen LogP contribution >= 0.6 is 0 Å². The molecule has 1 N–H and O–H groups in total. The summed E-state index contributed by atoms with van der Waals surface area (Å²) in [6.45, 7) is 3.44. The number of rotatable bonds is 2. The van der Waals surface area contributed by atoms with Crippen LogP contribution in [-0.4, -0.2) is 45.3 Å². The van der Waals surface area contributed by atoms with Crippen molar-refractivity contribution in [3.8, 4) is 0 Å². The van der Waals surface area contributed by atoms with Crippen LogP contribution in [0.2, 0.25) is 0 Å². The molecule has 2 rings (SSSR count). The molecule has 1 amide bonds. The van der Waals surface area contributed by atoms with Crippen LogP contribution in [0.3, 0.4) is 0 Å². The molecule has 0 aromatic heterocycles. The molecule has 0 spiro atoms. The summed E-state index contributed by atoms with van der Waals surface area (Å²) in [6.07, 6.45) is 5.46. The van der Waals surface area contributed by atoms with Gasteiger partial charge in [-0.15, -0.1) is 0 Å². The molecule has 0 radical (unpaired) electrons. The molecule has 0 saturated heterocycles. The summed E-state index contributed by atoms with van der Waals surface area (Å²) in [6, 6.07) is -0.948. The van der Waals surface area contributed by atoms with Gasteiger partial charge >= 0.3 is 5.97 Å². The number of fused-ring (bicyclic) bond motifs is 1. The Labute approximate surface area is 98.5 Å². The van der Waals surface area contributed by atoms with E-state index in [1.807, 2.05) is 19.1 Å². The first-order chi connectivity index (χ1) is 8.00. The van der Waals surface area contributed by atoms with Crippen LogP contribution in [0, 0.1) is 0 Å². The number of amidine groups is 1. The summed E-state index contributed by atoms with van der Waals surface area (Å²) in [5.41, 5.74) is 0.905. The highest BCUT2D eigenvalue weighted by Crippen LogP contribution is 2.18. The molecule has 17 heavy (non-hydrogen) atoms. The standard InChI is InChI=1S/C11H13N3O3/c1-7-4-3-5-13-6-9(15)14(12-10(7)13)8(2)11(16)17/h3-5,8H,6H2,1-2H3,(H,16,17). The Morgan fingerprint density at radius 3 is 2.94 bits per heavy atom. The van der Waals surface area contributed by atoms with E-state index in [9.17, 15) is 9.59 Å². The Balaban J connectivity index is 2.35.